The lowest BCUT2D eigenvalue weighted by Crippen LogP contribution is -2.43. The first-order valence-corrected chi connectivity index (χ1v) is 4.26. The second-order valence-electron chi connectivity index (χ2n) is 2.95. The summed E-state index contributed by atoms with van der Waals surface area (Å²) in [7, 11) is 0. The number of hydrogen-bond acceptors (Lipinski definition) is 4. The van der Waals surface area contributed by atoms with Gasteiger partial charge in [-0.05, 0) is 13.3 Å². The molecule has 1 unspecified atom stereocenters. The van der Waals surface area contributed by atoms with Gasteiger partial charge in [-0.3, -0.25) is 4.79 Å². The van der Waals surface area contributed by atoms with E-state index >= 15 is 0 Å². The maximum atomic E-state index is 10.4. The molecule has 4 heteroatoms. The van der Waals surface area contributed by atoms with Crippen LogP contribution in [0.1, 0.15) is 33.6 Å². The summed E-state index contributed by atoms with van der Waals surface area (Å²) >= 11 is 0. The zero-order chi connectivity index (χ0) is 9.56. The SMILES string of the molecule is CCC[C@@H](N)C(C)NOC(C)=O. The zero-order valence-electron chi connectivity index (χ0n) is 7.96. The van der Waals surface area contributed by atoms with Gasteiger partial charge in [0.15, 0.2) is 0 Å². The van der Waals surface area contributed by atoms with Crippen molar-refractivity contribution >= 4 is 5.97 Å². The van der Waals surface area contributed by atoms with E-state index in [0.29, 0.717) is 0 Å². The molecule has 4 nitrogen and oxygen atoms in total. The van der Waals surface area contributed by atoms with Crippen molar-refractivity contribution < 1.29 is 9.63 Å². The van der Waals surface area contributed by atoms with Crippen LogP contribution in [0.2, 0.25) is 0 Å². The fourth-order valence-electron chi connectivity index (χ4n) is 0.847. The summed E-state index contributed by atoms with van der Waals surface area (Å²) in [5.74, 6) is -0.342. The van der Waals surface area contributed by atoms with Crippen molar-refractivity contribution in [3.8, 4) is 0 Å². The first kappa shape index (κ1) is 11.4. The number of carbonyl (C=O) groups is 1. The summed E-state index contributed by atoms with van der Waals surface area (Å²) in [5.41, 5.74) is 8.35. The van der Waals surface area contributed by atoms with Gasteiger partial charge in [0.25, 0.3) is 0 Å². The van der Waals surface area contributed by atoms with Gasteiger partial charge in [-0.25, -0.2) is 0 Å². The molecule has 0 amide bonds. The zero-order valence-corrected chi connectivity index (χ0v) is 7.96. The van der Waals surface area contributed by atoms with Gasteiger partial charge in [0.05, 0.1) is 6.04 Å². The van der Waals surface area contributed by atoms with E-state index in [1.165, 1.54) is 6.92 Å². The highest BCUT2D eigenvalue weighted by Crippen LogP contribution is 1.98. The summed E-state index contributed by atoms with van der Waals surface area (Å²) in [6.45, 7) is 5.31. The average Bonchev–Trinajstić information content (AvgIpc) is 2.00. The van der Waals surface area contributed by atoms with Gasteiger partial charge in [-0.15, -0.1) is 5.48 Å². The van der Waals surface area contributed by atoms with Gasteiger partial charge in [-0.2, -0.15) is 0 Å². The molecule has 2 atom stereocenters. The molecule has 0 spiro atoms. The van der Waals surface area contributed by atoms with Crippen molar-refractivity contribution in [3.63, 3.8) is 0 Å². The lowest BCUT2D eigenvalue weighted by molar-refractivity contribution is -0.150. The Balaban J connectivity index is 3.55. The van der Waals surface area contributed by atoms with Gasteiger partial charge >= 0.3 is 5.97 Å². The Bertz CT molecular complexity index is 139. The molecule has 0 aliphatic carbocycles. The molecule has 0 rings (SSSR count). The summed E-state index contributed by atoms with van der Waals surface area (Å²) in [5, 5.41) is 0. The quantitative estimate of drug-likeness (QED) is 0.598. The lowest BCUT2D eigenvalue weighted by atomic mass is 10.1. The molecule has 0 saturated heterocycles. The fourth-order valence-corrected chi connectivity index (χ4v) is 0.847. The number of nitrogens with one attached hydrogen (secondary N) is 1. The van der Waals surface area contributed by atoms with Crippen LogP contribution in [-0.2, 0) is 9.63 Å². The molecule has 0 aliphatic rings. The van der Waals surface area contributed by atoms with Crippen LogP contribution in [-0.4, -0.2) is 18.1 Å². The van der Waals surface area contributed by atoms with Crippen molar-refractivity contribution in [2.24, 2.45) is 5.73 Å². The van der Waals surface area contributed by atoms with Crippen molar-refractivity contribution in [2.45, 2.75) is 45.7 Å². The van der Waals surface area contributed by atoms with Crippen LogP contribution in [0, 0.1) is 0 Å². The highest BCUT2D eigenvalue weighted by atomic mass is 16.7. The Morgan fingerprint density at radius 2 is 2.25 bits per heavy atom. The predicted octanol–water partition coefficient (Wildman–Crippen LogP) is 0.570. The Kier molecular flexibility index (Phi) is 5.66. The van der Waals surface area contributed by atoms with E-state index in [1.54, 1.807) is 0 Å². The highest BCUT2D eigenvalue weighted by molar-refractivity contribution is 5.65. The lowest BCUT2D eigenvalue weighted by Gasteiger charge is -2.19. The topological polar surface area (TPSA) is 64.3 Å². The fraction of sp³-hybridized carbons (Fsp3) is 0.875. The van der Waals surface area contributed by atoms with Crippen molar-refractivity contribution in [2.75, 3.05) is 0 Å². The Hall–Kier alpha value is -0.610. The molecule has 3 N–H and O–H groups in total. The minimum Gasteiger partial charge on any atom is -0.371 e. The first-order valence-electron chi connectivity index (χ1n) is 4.26. The molecule has 0 heterocycles. The van der Waals surface area contributed by atoms with Crippen LogP contribution >= 0.6 is 0 Å². The second kappa shape index (κ2) is 5.97. The van der Waals surface area contributed by atoms with Crippen LogP contribution in [0.25, 0.3) is 0 Å². The number of hydrogen-bond donors (Lipinski definition) is 2. The first-order chi connectivity index (χ1) is 5.57. The van der Waals surface area contributed by atoms with Crippen LogP contribution in [0.3, 0.4) is 0 Å². The average molecular weight is 174 g/mol. The molecule has 72 valence electrons. The van der Waals surface area contributed by atoms with Gasteiger partial charge in [0.1, 0.15) is 0 Å². The molecular formula is C8H18N2O2. The Labute approximate surface area is 73.4 Å². The smallest absolute Gasteiger partial charge is 0.321 e. The number of nitrogens with two attached hydrogens (primary N) is 1. The number of rotatable bonds is 5. The van der Waals surface area contributed by atoms with Crippen LogP contribution in [0.15, 0.2) is 0 Å². The molecule has 0 bridgehead atoms. The predicted molar refractivity (Wildman–Crippen MR) is 47.2 cm³/mol. The highest BCUT2D eigenvalue weighted by Gasteiger charge is 2.11. The van der Waals surface area contributed by atoms with Crippen LogP contribution < -0.4 is 11.2 Å². The van der Waals surface area contributed by atoms with Gasteiger partial charge in [-0.1, -0.05) is 13.3 Å². The number of hydroxylamine groups is 1. The van der Waals surface area contributed by atoms with Crippen molar-refractivity contribution in [3.05, 3.63) is 0 Å². The summed E-state index contributed by atoms with van der Waals surface area (Å²) in [6, 6.07) is 0.0446. The number of carbonyl (C=O) groups excluding carboxylic acids is 1. The summed E-state index contributed by atoms with van der Waals surface area (Å²) < 4.78 is 0. The van der Waals surface area contributed by atoms with Gasteiger partial charge in [0.2, 0.25) is 0 Å². The molecule has 0 aromatic carbocycles. The van der Waals surface area contributed by atoms with Crippen molar-refractivity contribution in [1.29, 1.82) is 0 Å². The summed E-state index contributed by atoms with van der Waals surface area (Å²) in [4.78, 5) is 15.0. The third-order valence-electron chi connectivity index (χ3n) is 1.65. The second-order valence-corrected chi connectivity index (χ2v) is 2.95. The molecule has 0 radical (unpaired) electrons. The molecule has 0 saturated carbocycles. The normalized spacial score (nSPS) is 15.3. The third kappa shape index (κ3) is 5.09. The summed E-state index contributed by atoms with van der Waals surface area (Å²) in [6.07, 6.45) is 1.96. The minimum atomic E-state index is -0.342. The van der Waals surface area contributed by atoms with Gasteiger partial charge < -0.3 is 10.6 Å². The van der Waals surface area contributed by atoms with E-state index in [0.717, 1.165) is 12.8 Å². The van der Waals surface area contributed by atoms with Crippen molar-refractivity contribution in [1.82, 2.24) is 5.48 Å². The molecule has 0 fully saturated rings. The maximum absolute atomic E-state index is 10.4. The van der Waals surface area contributed by atoms with E-state index in [-0.39, 0.29) is 18.1 Å². The Morgan fingerprint density at radius 3 is 2.67 bits per heavy atom. The molecule has 0 aliphatic heterocycles. The van der Waals surface area contributed by atoms with E-state index in [2.05, 4.69) is 17.2 Å². The van der Waals surface area contributed by atoms with E-state index in [9.17, 15) is 4.79 Å². The molecule has 0 aromatic rings. The van der Waals surface area contributed by atoms with E-state index in [1.807, 2.05) is 6.92 Å². The third-order valence-corrected chi connectivity index (χ3v) is 1.65. The van der Waals surface area contributed by atoms with E-state index < -0.39 is 0 Å². The molecule has 0 aromatic heterocycles. The minimum absolute atomic E-state index is 0.00819. The van der Waals surface area contributed by atoms with Crippen LogP contribution in [0.4, 0.5) is 0 Å². The van der Waals surface area contributed by atoms with Gasteiger partial charge in [0, 0.05) is 13.0 Å². The molecule has 12 heavy (non-hydrogen) atoms. The standard InChI is InChI=1S/C8H18N2O2/c1-4-5-8(9)6(2)10-12-7(3)11/h6,8,10H,4-5,9H2,1-3H3/t6?,8-/m1/s1. The maximum Gasteiger partial charge on any atom is 0.321 e. The largest absolute Gasteiger partial charge is 0.371 e. The van der Waals surface area contributed by atoms with Crippen LogP contribution in [0.5, 0.6) is 0 Å². The molecular weight excluding hydrogens is 156 g/mol. The monoisotopic (exact) mass is 174 g/mol. The van der Waals surface area contributed by atoms with E-state index in [4.69, 9.17) is 5.73 Å². The Morgan fingerprint density at radius 1 is 1.67 bits per heavy atom.